The van der Waals surface area contributed by atoms with Gasteiger partial charge < -0.3 is 10.1 Å². The Morgan fingerprint density at radius 2 is 1.88 bits per heavy atom. The molecule has 2 bridgehead atoms. The zero-order chi connectivity index (χ0) is 23.2. The summed E-state index contributed by atoms with van der Waals surface area (Å²) in [7, 11) is 1.84. The zero-order valence-electron chi connectivity index (χ0n) is 18.1. The van der Waals surface area contributed by atoms with Crippen molar-refractivity contribution in [3.05, 3.63) is 71.1 Å². The molecule has 0 aliphatic heterocycles. The largest absolute Gasteiger partial charge is 0.484 e. The van der Waals surface area contributed by atoms with Crippen LogP contribution in [-0.2, 0) is 11.8 Å². The Labute approximate surface area is 195 Å². The van der Waals surface area contributed by atoms with Crippen molar-refractivity contribution in [1.82, 2.24) is 15.1 Å². The number of halogens is 2. The summed E-state index contributed by atoms with van der Waals surface area (Å²) < 4.78 is 20.6. The van der Waals surface area contributed by atoms with Crippen molar-refractivity contribution in [2.24, 2.45) is 12.5 Å². The highest BCUT2D eigenvalue weighted by Gasteiger charge is 2.68. The minimum atomic E-state index is -0.593. The molecule has 1 aromatic heterocycles. The summed E-state index contributed by atoms with van der Waals surface area (Å²) in [5.41, 5.74) is 2.08. The van der Waals surface area contributed by atoms with Gasteiger partial charge in [0.15, 0.2) is 12.4 Å². The van der Waals surface area contributed by atoms with Gasteiger partial charge in [0.2, 0.25) is 0 Å². The van der Waals surface area contributed by atoms with E-state index in [0.29, 0.717) is 12.1 Å². The summed E-state index contributed by atoms with van der Waals surface area (Å²) >= 11 is 5.65. The summed E-state index contributed by atoms with van der Waals surface area (Å²) in [4.78, 5) is 25.2. The van der Waals surface area contributed by atoms with Crippen LogP contribution < -0.4 is 10.1 Å². The van der Waals surface area contributed by atoms with Gasteiger partial charge in [0.1, 0.15) is 17.3 Å². The molecular formula is C25H23ClFN3O3. The van der Waals surface area contributed by atoms with E-state index in [9.17, 15) is 14.0 Å². The van der Waals surface area contributed by atoms with Crippen LogP contribution >= 0.6 is 11.6 Å². The molecule has 3 fully saturated rings. The predicted molar refractivity (Wildman–Crippen MR) is 122 cm³/mol. The molecule has 2 aromatic carbocycles. The van der Waals surface area contributed by atoms with Crippen LogP contribution in [0.2, 0.25) is 5.02 Å². The Kier molecular flexibility index (Phi) is 5.24. The van der Waals surface area contributed by atoms with Crippen molar-refractivity contribution >= 4 is 23.3 Å². The summed E-state index contributed by atoms with van der Waals surface area (Å²) in [5, 5.41) is 7.44. The Hall–Kier alpha value is -3.19. The number of hydrogen-bond donors (Lipinski definition) is 1. The first-order valence-corrected chi connectivity index (χ1v) is 11.2. The van der Waals surface area contributed by atoms with Crippen LogP contribution in [0.25, 0.3) is 11.3 Å². The number of nitrogens with zero attached hydrogens (tertiary/aromatic N) is 2. The Morgan fingerprint density at radius 1 is 1.15 bits per heavy atom. The van der Waals surface area contributed by atoms with E-state index in [-0.39, 0.29) is 40.0 Å². The number of amides is 1. The van der Waals surface area contributed by atoms with Crippen LogP contribution in [0.3, 0.4) is 0 Å². The van der Waals surface area contributed by atoms with Crippen molar-refractivity contribution in [2.45, 2.75) is 31.2 Å². The van der Waals surface area contributed by atoms with Gasteiger partial charge in [0.25, 0.3) is 5.91 Å². The fourth-order valence-corrected chi connectivity index (χ4v) is 5.40. The van der Waals surface area contributed by atoms with Crippen molar-refractivity contribution in [3.8, 4) is 17.0 Å². The first kappa shape index (κ1) is 21.6. The number of Topliss-reactive ketones (excluding diaryl/α,β-unsaturated/α-hetero) is 1. The van der Waals surface area contributed by atoms with E-state index in [1.807, 2.05) is 43.4 Å². The number of nitrogens with one attached hydrogen (secondary N) is 1. The average Bonchev–Trinajstić information content (AvgIpc) is 3.14. The van der Waals surface area contributed by atoms with Gasteiger partial charge in [0.05, 0.1) is 10.7 Å². The van der Waals surface area contributed by atoms with Gasteiger partial charge in [-0.05, 0) is 48.4 Å². The molecule has 3 aromatic rings. The fraction of sp³-hybridized carbons (Fsp3) is 0.320. The van der Waals surface area contributed by atoms with E-state index in [4.69, 9.17) is 16.3 Å². The molecule has 0 spiro atoms. The molecule has 0 radical (unpaired) electrons. The number of aryl methyl sites for hydroxylation is 1. The molecule has 1 N–H and O–H groups in total. The van der Waals surface area contributed by atoms with Crippen LogP contribution in [-0.4, -0.2) is 33.6 Å². The van der Waals surface area contributed by atoms with Gasteiger partial charge in [-0.15, -0.1) is 0 Å². The normalized spacial score (nSPS) is 22.8. The highest BCUT2D eigenvalue weighted by molar-refractivity contribution is 6.30. The third-order valence-electron chi connectivity index (χ3n) is 6.58. The van der Waals surface area contributed by atoms with Gasteiger partial charge in [-0.3, -0.25) is 14.3 Å². The number of ether oxygens (including phenoxy) is 1. The number of carbonyl (C=O) groups is 2. The van der Waals surface area contributed by atoms with Gasteiger partial charge in [-0.1, -0.05) is 41.9 Å². The topological polar surface area (TPSA) is 73.2 Å². The molecule has 33 heavy (non-hydrogen) atoms. The second kappa shape index (κ2) is 7.99. The van der Waals surface area contributed by atoms with E-state index < -0.39 is 5.82 Å². The van der Waals surface area contributed by atoms with E-state index >= 15 is 0 Å². The van der Waals surface area contributed by atoms with E-state index in [2.05, 4.69) is 10.4 Å². The molecule has 170 valence electrons. The molecule has 0 unspecified atom stereocenters. The number of benzene rings is 2. The first-order valence-electron chi connectivity index (χ1n) is 10.8. The van der Waals surface area contributed by atoms with Gasteiger partial charge >= 0.3 is 0 Å². The highest BCUT2D eigenvalue weighted by atomic mass is 35.5. The standard InChI is InChI=1S/C25H23ClFN3O3/c1-30-21(16-5-3-2-4-6-16)10-20(29-30)22(31)11-24-13-25(14-24,15-24)28-23(32)12-33-17-7-8-18(26)19(27)9-17/h2-10H,11-15H2,1H3,(H,28,32). The molecule has 6 nitrogen and oxygen atoms in total. The minimum Gasteiger partial charge on any atom is -0.484 e. The molecule has 3 aliphatic carbocycles. The van der Waals surface area contributed by atoms with E-state index in [1.54, 1.807) is 4.68 Å². The maximum absolute atomic E-state index is 13.5. The van der Waals surface area contributed by atoms with Crippen LogP contribution in [0.1, 0.15) is 36.2 Å². The summed E-state index contributed by atoms with van der Waals surface area (Å²) in [6.45, 7) is -0.203. The maximum Gasteiger partial charge on any atom is 0.258 e. The number of ketones is 1. The van der Waals surface area contributed by atoms with Crippen LogP contribution in [0.15, 0.2) is 54.6 Å². The smallest absolute Gasteiger partial charge is 0.258 e. The molecular weight excluding hydrogens is 445 g/mol. The molecule has 3 aliphatic rings. The number of carbonyl (C=O) groups excluding carboxylic acids is 2. The zero-order valence-corrected chi connectivity index (χ0v) is 18.9. The van der Waals surface area contributed by atoms with Crippen molar-refractivity contribution < 1.29 is 18.7 Å². The van der Waals surface area contributed by atoms with Crippen LogP contribution in [0.4, 0.5) is 4.39 Å². The van der Waals surface area contributed by atoms with E-state index in [1.165, 1.54) is 12.1 Å². The maximum atomic E-state index is 13.5. The summed E-state index contributed by atoms with van der Waals surface area (Å²) in [5.74, 6) is -0.580. The third kappa shape index (κ3) is 4.13. The molecule has 1 heterocycles. The Morgan fingerprint density at radius 3 is 2.58 bits per heavy atom. The van der Waals surface area contributed by atoms with Gasteiger partial charge in [0, 0.05) is 25.1 Å². The van der Waals surface area contributed by atoms with Gasteiger partial charge in [-0.25, -0.2) is 4.39 Å². The lowest BCUT2D eigenvalue weighted by molar-refractivity contribution is -0.164. The third-order valence-corrected chi connectivity index (χ3v) is 6.88. The Bertz CT molecular complexity index is 1220. The Balaban J connectivity index is 1.12. The van der Waals surface area contributed by atoms with Crippen molar-refractivity contribution in [3.63, 3.8) is 0 Å². The van der Waals surface area contributed by atoms with E-state index in [0.717, 1.165) is 36.6 Å². The van der Waals surface area contributed by atoms with Crippen molar-refractivity contribution in [2.75, 3.05) is 6.61 Å². The monoisotopic (exact) mass is 467 g/mol. The second-order valence-electron chi connectivity index (χ2n) is 9.23. The van der Waals surface area contributed by atoms with Crippen molar-refractivity contribution in [1.29, 1.82) is 0 Å². The lowest BCUT2D eigenvalue weighted by Crippen LogP contribution is -2.75. The predicted octanol–water partition coefficient (Wildman–Crippen LogP) is 4.57. The first-order chi connectivity index (χ1) is 15.8. The molecule has 1 amide bonds. The quantitative estimate of drug-likeness (QED) is 0.492. The van der Waals surface area contributed by atoms with Crippen LogP contribution in [0, 0.1) is 11.2 Å². The molecule has 3 saturated carbocycles. The number of aromatic nitrogens is 2. The average molecular weight is 468 g/mol. The lowest BCUT2D eigenvalue weighted by atomic mass is 9.38. The number of hydrogen-bond acceptors (Lipinski definition) is 4. The highest BCUT2D eigenvalue weighted by Crippen LogP contribution is 2.69. The lowest BCUT2D eigenvalue weighted by Gasteiger charge is -2.70. The molecule has 8 heteroatoms. The summed E-state index contributed by atoms with van der Waals surface area (Å²) in [6, 6.07) is 15.7. The van der Waals surface area contributed by atoms with Crippen LogP contribution in [0.5, 0.6) is 5.75 Å². The summed E-state index contributed by atoms with van der Waals surface area (Å²) in [6.07, 6.45) is 2.73. The minimum absolute atomic E-state index is 0.00232. The second-order valence-corrected chi connectivity index (χ2v) is 9.64. The molecule has 0 atom stereocenters. The number of rotatable bonds is 8. The van der Waals surface area contributed by atoms with Gasteiger partial charge in [-0.2, -0.15) is 5.10 Å². The fourth-order valence-electron chi connectivity index (χ4n) is 5.28. The molecule has 6 rings (SSSR count). The SMILES string of the molecule is Cn1nc(C(=O)CC23CC(NC(=O)COc4ccc(Cl)c(F)c4)(C2)C3)cc1-c1ccccc1. The molecule has 0 saturated heterocycles.